The van der Waals surface area contributed by atoms with Crippen molar-refractivity contribution in [2.24, 2.45) is 0 Å². The summed E-state index contributed by atoms with van der Waals surface area (Å²) < 4.78 is 5.42. The molecular formula is C16H26N2O2. The Morgan fingerprint density at radius 2 is 2.15 bits per heavy atom. The van der Waals surface area contributed by atoms with Gasteiger partial charge < -0.3 is 9.84 Å². The minimum Gasteiger partial charge on any atom is -0.390 e. The van der Waals surface area contributed by atoms with E-state index in [1.165, 1.54) is 5.56 Å². The lowest BCUT2D eigenvalue weighted by molar-refractivity contribution is -0.0241. The SMILES string of the molecule is CC1COCCN1CC(O)CN(C)Cc1ccccc1. The van der Waals surface area contributed by atoms with Crippen LogP contribution in [0.15, 0.2) is 30.3 Å². The highest BCUT2D eigenvalue weighted by Crippen LogP contribution is 2.08. The second-order valence-electron chi connectivity index (χ2n) is 5.76. The van der Waals surface area contributed by atoms with Crippen LogP contribution in [0.1, 0.15) is 12.5 Å². The van der Waals surface area contributed by atoms with Gasteiger partial charge >= 0.3 is 0 Å². The molecule has 1 aliphatic rings. The van der Waals surface area contributed by atoms with Gasteiger partial charge in [0.2, 0.25) is 0 Å². The van der Waals surface area contributed by atoms with Crippen LogP contribution < -0.4 is 0 Å². The lowest BCUT2D eigenvalue weighted by atomic mass is 10.2. The van der Waals surface area contributed by atoms with Crippen LogP contribution in [0.5, 0.6) is 0 Å². The van der Waals surface area contributed by atoms with Crippen molar-refractivity contribution in [2.75, 3.05) is 39.9 Å². The summed E-state index contributed by atoms with van der Waals surface area (Å²) in [6, 6.07) is 10.8. The van der Waals surface area contributed by atoms with Gasteiger partial charge in [0, 0.05) is 32.2 Å². The fourth-order valence-corrected chi connectivity index (χ4v) is 2.68. The number of morpholine rings is 1. The van der Waals surface area contributed by atoms with Crippen LogP contribution in [0.25, 0.3) is 0 Å². The number of aliphatic hydroxyl groups is 1. The molecule has 2 unspecified atom stereocenters. The molecule has 4 heteroatoms. The first kappa shape index (κ1) is 15.4. The van der Waals surface area contributed by atoms with E-state index in [2.05, 4.69) is 48.0 Å². The summed E-state index contributed by atoms with van der Waals surface area (Å²) in [7, 11) is 2.05. The Morgan fingerprint density at radius 1 is 1.40 bits per heavy atom. The normalized spacial score (nSPS) is 22.1. The molecule has 112 valence electrons. The summed E-state index contributed by atoms with van der Waals surface area (Å²) in [5.41, 5.74) is 1.28. The standard InChI is InChI=1S/C16H26N2O2/c1-14-13-20-9-8-18(14)12-16(19)11-17(2)10-15-6-4-3-5-7-15/h3-7,14,16,19H,8-13H2,1-2H3. The maximum absolute atomic E-state index is 10.2. The van der Waals surface area contributed by atoms with Crippen molar-refractivity contribution in [3.63, 3.8) is 0 Å². The second kappa shape index (κ2) is 7.74. The Bertz CT molecular complexity index is 385. The molecule has 0 bridgehead atoms. The van der Waals surface area contributed by atoms with Crippen LogP contribution in [0.2, 0.25) is 0 Å². The molecule has 2 rings (SSSR count). The predicted molar refractivity (Wildman–Crippen MR) is 80.6 cm³/mol. The monoisotopic (exact) mass is 278 g/mol. The van der Waals surface area contributed by atoms with Gasteiger partial charge in [0.05, 0.1) is 19.3 Å². The number of rotatable bonds is 6. The number of hydrogen-bond donors (Lipinski definition) is 1. The van der Waals surface area contributed by atoms with Gasteiger partial charge in [-0.25, -0.2) is 0 Å². The van der Waals surface area contributed by atoms with E-state index in [-0.39, 0.29) is 6.10 Å². The van der Waals surface area contributed by atoms with Crippen LogP contribution >= 0.6 is 0 Å². The largest absolute Gasteiger partial charge is 0.390 e. The van der Waals surface area contributed by atoms with E-state index in [1.807, 2.05) is 6.07 Å². The highest BCUT2D eigenvalue weighted by molar-refractivity contribution is 5.14. The smallest absolute Gasteiger partial charge is 0.0793 e. The van der Waals surface area contributed by atoms with Crippen molar-refractivity contribution in [2.45, 2.75) is 25.6 Å². The maximum Gasteiger partial charge on any atom is 0.0793 e. The van der Waals surface area contributed by atoms with E-state index in [1.54, 1.807) is 0 Å². The summed E-state index contributed by atoms with van der Waals surface area (Å²) in [5, 5.41) is 10.2. The van der Waals surface area contributed by atoms with Crippen molar-refractivity contribution in [1.82, 2.24) is 9.80 Å². The number of ether oxygens (including phenoxy) is 1. The van der Waals surface area contributed by atoms with Crippen LogP contribution in [-0.2, 0) is 11.3 Å². The van der Waals surface area contributed by atoms with E-state index in [4.69, 9.17) is 4.74 Å². The molecule has 0 aromatic heterocycles. The molecule has 1 aliphatic heterocycles. The zero-order valence-corrected chi connectivity index (χ0v) is 12.5. The topological polar surface area (TPSA) is 35.9 Å². The lowest BCUT2D eigenvalue weighted by Gasteiger charge is -2.35. The molecule has 0 amide bonds. The van der Waals surface area contributed by atoms with Crippen LogP contribution in [0.3, 0.4) is 0 Å². The van der Waals surface area contributed by atoms with Crippen molar-refractivity contribution < 1.29 is 9.84 Å². The average molecular weight is 278 g/mol. The first-order valence-corrected chi connectivity index (χ1v) is 7.37. The number of nitrogens with zero attached hydrogens (tertiary/aromatic N) is 2. The van der Waals surface area contributed by atoms with Gasteiger partial charge in [0.15, 0.2) is 0 Å². The summed E-state index contributed by atoms with van der Waals surface area (Å²) in [6.07, 6.45) is -0.315. The number of hydrogen-bond acceptors (Lipinski definition) is 4. The van der Waals surface area contributed by atoms with E-state index in [0.717, 1.165) is 32.8 Å². The second-order valence-corrected chi connectivity index (χ2v) is 5.76. The summed E-state index contributed by atoms with van der Waals surface area (Å²) >= 11 is 0. The third-order valence-corrected chi connectivity index (χ3v) is 3.77. The first-order valence-electron chi connectivity index (χ1n) is 7.37. The fraction of sp³-hybridized carbons (Fsp3) is 0.625. The van der Waals surface area contributed by atoms with E-state index in [0.29, 0.717) is 12.6 Å². The van der Waals surface area contributed by atoms with Crippen molar-refractivity contribution in [3.8, 4) is 0 Å². The van der Waals surface area contributed by atoms with Gasteiger partial charge in [-0.15, -0.1) is 0 Å². The minimum absolute atomic E-state index is 0.315. The van der Waals surface area contributed by atoms with Crippen molar-refractivity contribution in [3.05, 3.63) is 35.9 Å². The van der Waals surface area contributed by atoms with Gasteiger partial charge in [-0.05, 0) is 19.5 Å². The molecule has 1 aromatic rings. The van der Waals surface area contributed by atoms with Gasteiger partial charge in [0.1, 0.15) is 0 Å². The number of aliphatic hydroxyl groups excluding tert-OH is 1. The predicted octanol–water partition coefficient (Wildman–Crippen LogP) is 1.20. The molecule has 4 nitrogen and oxygen atoms in total. The molecule has 1 fully saturated rings. The average Bonchev–Trinajstić information content (AvgIpc) is 2.42. The molecule has 0 saturated carbocycles. The van der Waals surface area contributed by atoms with Crippen LogP contribution in [0, 0.1) is 0 Å². The highest BCUT2D eigenvalue weighted by atomic mass is 16.5. The van der Waals surface area contributed by atoms with Crippen molar-refractivity contribution >= 4 is 0 Å². The fourth-order valence-electron chi connectivity index (χ4n) is 2.68. The molecular weight excluding hydrogens is 252 g/mol. The Balaban J connectivity index is 1.74. The zero-order chi connectivity index (χ0) is 14.4. The maximum atomic E-state index is 10.2. The van der Waals surface area contributed by atoms with Crippen LogP contribution in [0.4, 0.5) is 0 Å². The number of β-amino-alcohol motifs (C(OH)–C–C–N with tert-alkyl or cyclic N) is 1. The summed E-state index contributed by atoms with van der Waals surface area (Å²) in [4.78, 5) is 4.48. The number of benzene rings is 1. The van der Waals surface area contributed by atoms with Gasteiger partial charge in [-0.3, -0.25) is 9.80 Å². The van der Waals surface area contributed by atoms with Gasteiger partial charge in [0.25, 0.3) is 0 Å². The molecule has 0 radical (unpaired) electrons. The minimum atomic E-state index is -0.315. The summed E-state index contributed by atoms with van der Waals surface area (Å²) in [5.74, 6) is 0. The van der Waals surface area contributed by atoms with E-state index >= 15 is 0 Å². The van der Waals surface area contributed by atoms with Crippen molar-refractivity contribution in [1.29, 1.82) is 0 Å². The third-order valence-electron chi connectivity index (χ3n) is 3.77. The Morgan fingerprint density at radius 3 is 2.85 bits per heavy atom. The lowest BCUT2D eigenvalue weighted by Crippen LogP contribution is -2.48. The summed E-state index contributed by atoms with van der Waals surface area (Å²) in [6.45, 7) is 6.91. The molecule has 2 atom stereocenters. The Kier molecular flexibility index (Phi) is 5.98. The third kappa shape index (κ3) is 4.87. The molecule has 20 heavy (non-hydrogen) atoms. The molecule has 1 aromatic carbocycles. The quantitative estimate of drug-likeness (QED) is 0.848. The van der Waals surface area contributed by atoms with E-state index in [9.17, 15) is 5.11 Å². The Hall–Kier alpha value is -0.940. The molecule has 0 spiro atoms. The molecule has 1 N–H and O–H groups in total. The first-order chi connectivity index (χ1) is 9.65. The highest BCUT2D eigenvalue weighted by Gasteiger charge is 2.21. The van der Waals surface area contributed by atoms with Gasteiger partial charge in [-0.1, -0.05) is 30.3 Å². The zero-order valence-electron chi connectivity index (χ0n) is 12.5. The van der Waals surface area contributed by atoms with E-state index < -0.39 is 0 Å². The molecule has 1 heterocycles. The Labute approximate surface area is 122 Å². The van der Waals surface area contributed by atoms with Gasteiger partial charge in [-0.2, -0.15) is 0 Å². The molecule has 1 saturated heterocycles. The molecule has 0 aliphatic carbocycles. The number of likely N-dealkylation sites (N-methyl/N-ethyl adjacent to an activating group) is 1. The van der Waals surface area contributed by atoms with Crippen LogP contribution in [-0.4, -0.2) is 66.9 Å².